The van der Waals surface area contributed by atoms with Gasteiger partial charge in [-0.15, -0.1) is 0 Å². The number of primary amides is 2. The Bertz CT molecular complexity index is 985. The molecule has 2 amide bonds. The fourth-order valence-corrected chi connectivity index (χ4v) is 3.67. The normalized spacial score (nSPS) is 10.4. The maximum atomic E-state index is 11.9. The predicted octanol–water partition coefficient (Wildman–Crippen LogP) is 4.58. The molecule has 0 aliphatic heterocycles. The van der Waals surface area contributed by atoms with E-state index in [4.69, 9.17) is 11.5 Å². The first-order valence-corrected chi connectivity index (χ1v) is 10.3. The van der Waals surface area contributed by atoms with Crippen LogP contribution in [-0.2, 0) is 0 Å². The Morgan fingerprint density at radius 2 is 1.00 bits per heavy atom. The molecule has 3 aromatic rings. The minimum Gasteiger partial charge on any atom is -0.366 e. The monoisotopic (exact) mass is 598 g/mol. The van der Waals surface area contributed by atoms with E-state index in [1.807, 2.05) is 48.5 Å². The van der Waals surface area contributed by atoms with Crippen molar-refractivity contribution >= 4 is 79.7 Å². The highest BCUT2D eigenvalue weighted by Crippen LogP contribution is 2.34. The predicted molar refractivity (Wildman–Crippen MR) is 128 cm³/mol. The molecule has 3 rings (SSSR count). The van der Waals surface area contributed by atoms with Crippen LogP contribution in [0.3, 0.4) is 0 Å². The Labute approximate surface area is 189 Å². The van der Waals surface area contributed by atoms with Crippen LogP contribution in [0.15, 0.2) is 60.7 Å². The number of hydrogen-bond donors (Lipinski definition) is 4. The van der Waals surface area contributed by atoms with Crippen molar-refractivity contribution in [3.8, 4) is 0 Å². The fraction of sp³-hybridized carbons (Fsp3) is 0. The Kier molecular flexibility index (Phi) is 6.39. The van der Waals surface area contributed by atoms with Crippen LogP contribution in [-0.4, -0.2) is 11.8 Å². The Hall–Kier alpha value is -2.34. The molecule has 0 atom stereocenters. The average Bonchev–Trinajstić information content (AvgIpc) is 2.66. The van der Waals surface area contributed by atoms with Crippen molar-refractivity contribution in [2.45, 2.75) is 0 Å². The van der Waals surface area contributed by atoms with Gasteiger partial charge in [0.2, 0.25) is 11.8 Å². The molecular formula is C20H16I2N4O2. The molecule has 0 radical (unpaired) electrons. The van der Waals surface area contributed by atoms with Gasteiger partial charge in [-0.05, 0) is 81.6 Å². The largest absolute Gasteiger partial charge is 0.366 e. The summed E-state index contributed by atoms with van der Waals surface area (Å²) in [6, 6.07) is 18.5. The molecule has 3 aromatic carbocycles. The van der Waals surface area contributed by atoms with E-state index in [1.165, 1.54) is 0 Å². The second-order valence-corrected chi connectivity index (χ2v) is 8.21. The molecule has 0 bridgehead atoms. The molecule has 6 N–H and O–H groups in total. The standard InChI is InChI=1S/C20H16I2N4O2/c21-13-5-1-3-7-15(13)25-17-9-11(19(23)27)12(20(24)28)10-18(17)26-16-8-4-2-6-14(16)22/h1-10,25-26H,(H2,23,27)(H2,24,28). The van der Waals surface area contributed by atoms with Gasteiger partial charge in [0.25, 0.3) is 0 Å². The van der Waals surface area contributed by atoms with Crippen LogP contribution >= 0.6 is 45.2 Å². The molecule has 0 fully saturated rings. The van der Waals surface area contributed by atoms with Crippen molar-refractivity contribution < 1.29 is 9.59 Å². The maximum Gasteiger partial charge on any atom is 0.249 e. The summed E-state index contributed by atoms with van der Waals surface area (Å²) < 4.78 is 2.00. The number of hydrogen-bond acceptors (Lipinski definition) is 4. The molecule has 0 spiro atoms. The maximum absolute atomic E-state index is 11.9. The summed E-state index contributed by atoms with van der Waals surface area (Å²) in [5.74, 6) is -1.44. The van der Waals surface area contributed by atoms with Gasteiger partial charge in [-0.3, -0.25) is 9.59 Å². The molecule has 0 saturated heterocycles. The Morgan fingerprint density at radius 3 is 1.32 bits per heavy atom. The topological polar surface area (TPSA) is 110 Å². The SMILES string of the molecule is NC(=O)c1cc(Nc2ccccc2I)c(Nc2ccccc2I)cc1C(N)=O. The van der Waals surface area contributed by atoms with E-state index in [9.17, 15) is 9.59 Å². The van der Waals surface area contributed by atoms with Crippen LogP contribution in [0, 0.1) is 7.14 Å². The number of benzene rings is 3. The third-order valence-corrected chi connectivity index (χ3v) is 5.86. The van der Waals surface area contributed by atoms with E-state index >= 15 is 0 Å². The van der Waals surface area contributed by atoms with E-state index < -0.39 is 11.8 Å². The van der Waals surface area contributed by atoms with Gasteiger partial charge in [-0.25, -0.2) is 0 Å². The third kappa shape index (κ3) is 4.55. The number of carbonyl (C=O) groups is 2. The fourth-order valence-electron chi connectivity index (χ4n) is 2.63. The van der Waals surface area contributed by atoms with Crippen LogP contribution in [0.4, 0.5) is 22.7 Å². The van der Waals surface area contributed by atoms with Gasteiger partial charge in [0, 0.05) is 7.14 Å². The molecule has 0 saturated carbocycles. The number of halogens is 2. The molecule has 0 aliphatic carbocycles. The first-order chi connectivity index (χ1) is 13.4. The molecular weight excluding hydrogens is 582 g/mol. The highest BCUT2D eigenvalue weighted by molar-refractivity contribution is 14.1. The number of nitrogens with two attached hydrogens (primary N) is 2. The smallest absolute Gasteiger partial charge is 0.249 e. The van der Waals surface area contributed by atoms with E-state index in [2.05, 4.69) is 55.8 Å². The number of rotatable bonds is 6. The number of para-hydroxylation sites is 2. The van der Waals surface area contributed by atoms with Crippen LogP contribution in [0.1, 0.15) is 20.7 Å². The summed E-state index contributed by atoms with van der Waals surface area (Å²) in [6.07, 6.45) is 0. The molecule has 142 valence electrons. The van der Waals surface area contributed by atoms with Crippen LogP contribution in [0.2, 0.25) is 0 Å². The summed E-state index contributed by atoms with van der Waals surface area (Å²) >= 11 is 4.43. The summed E-state index contributed by atoms with van der Waals surface area (Å²) in [5.41, 5.74) is 14.0. The number of nitrogens with one attached hydrogen (secondary N) is 2. The lowest BCUT2D eigenvalue weighted by Crippen LogP contribution is -2.21. The summed E-state index contributed by atoms with van der Waals surface area (Å²) in [5, 5.41) is 6.62. The van der Waals surface area contributed by atoms with Crippen molar-refractivity contribution in [2.75, 3.05) is 10.6 Å². The minimum atomic E-state index is -0.722. The van der Waals surface area contributed by atoms with Crippen LogP contribution in [0.5, 0.6) is 0 Å². The molecule has 0 unspecified atom stereocenters. The first-order valence-electron chi connectivity index (χ1n) is 8.17. The van der Waals surface area contributed by atoms with E-state index in [1.54, 1.807) is 12.1 Å². The third-order valence-electron chi connectivity index (χ3n) is 3.97. The van der Waals surface area contributed by atoms with Crippen molar-refractivity contribution in [3.05, 3.63) is 78.9 Å². The molecule has 0 heterocycles. The van der Waals surface area contributed by atoms with Gasteiger partial charge in [-0.2, -0.15) is 0 Å². The van der Waals surface area contributed by atoms with Crippen LogP contribution < -0.4 is 22.1 Å². The Morgan fingerprint density at radius 1 is 0.643 bits per heavy atom. The van der Waals surface area contributed by atoms with Crippen molar-refractivity contribution in [1.29, 1.82) is 0 Å². The van der Waals surface area contributed by atoms with Crippen molar-refractivity contribution in [3.63, 3.8) is 0 Å². The molecule has 28 heavy (non-hydrogen) atoms. The lowest BCUT2D eigenvalue weighted by atomic mass is 10.0. The second-order valence-electron chi connectivity index (χ2n) is 5.88. The zero-order chi connectivity index (χ0) is 20.3. The average molecular weight is 598 g/mol. The summed E-state index contributed by atoms with van der Waals surface area (Å²) in [4.78, 5) is 23.8. The molecule has 6 nitrogen and oxygen atoms in total. The minimum absolute atomic E-state index is 0.0641. The Balaban J connectivity index is 2.15. The second kappa shape index (κ2) is 8.78. The highest BCUT2D eigenvalue weighted by atomic mass is 127. The van der Waals surface area contributed by atoms with Gasteiger partial charge in [0.1, 0.15) is 0 Å². The van der Waals surface area contributed by atoms with Gasteiger partial charge in [0.15, 0.2) is 0 Å². The zero-order valence-corrected chi connectivity index (χ0v) is 18.8. The summed E-state index contributed by atoms with van der Waals surface area (Å²) in [7, 11) is 0. The van der Waals surface area contributed by atoms with E-state index in [-0.39, 0.29) is 11.1 Å². The lowest BCUT2D eigenvalue weighted by molar-refractivity contribution is 0.0967. The van der Waals surface area contributed by atoms with Crippen molar-refractivity contribution in [1.82, 2.24) is 0 Å². The van der Waals surface area contributed by atoms with E-state index in [0.717, 1.165) is 18.5 Å². The van der Waals surface area contributed by atoms with Crippen molar-refractivity contribution in [2.24, 2.45) is 11.5 Å². The highest BCUT2D eigenvalue weighted by Gasteiger charge is 2.18. The number of anilines is 4. The number of carbonyl (C=O) groups excluding carboxylic acids is 2. The van der Waals surface area contributed by atoms with Gasteiger partial charge < -0.3 is 22.1 Å². The quantitative estimate of drug-likeness (QED) is 0.312. The zero-order valence-electron chi connectivity index (χ0n) is 14.5. The molecule has 0 aliphatic rings. The van der Waals surface area contributed by atoms with Gasteiger partial charge in [-0.1, -0.05) is 24.3 Å². The molecule has 0 aromatic heterocycles. The number of amides is 2. The van der Waals surface area contributed by atoms with Crippen LogP contribution in [0.25, 0.3) is 0 Å². The van der Waals surface area contributed by atoms with Gasteiger partial charge in [0.05, 0.1) is 33.9 Å². The van der Waals surface area contributed by atoms with Gasteiger partial charge >= 0.3 is 0 Å². The first kappa shape index (κ1) is 20.4. The lowest BCUT2D eigenvalue weighted by Gasteiger charge is -2.18. The summed E-state index contributed by atoms with van der Waals surface area (Å²) in [6.45, 7) is 0. The molecule has 8 heteroatoms. The van der Waals surface area contributed by atoms with E-state index in [0.29, 0.717) is 11.4 Å².